The highest BCUT2D eigenvalue weighted by Gasteiger charge is 2.21. The van der Waals surface area contributed by atoms with Crippen LogP contribution < -0.4 is 15.5 Å². The number of fused-ring (bicyclic) bond motifs is 1. The van der Waals surface area contributed by atoms with Crippen molar-refractivity contribution < 1.29 is 9.21 Å². The summed E-state index contributed by atoms with van der Waals surface area (Å²) in [6.45, 7) is 1.76. The molecule has 0 spiro atoms. The lowest BCUT2D eigenvalue weighted by atomic mass is 9.97. The summed E-state index contributed by atoms with van der Waals surface area (Å²) in [4.78, 5) is 18.6. The van der Waals surface area contributed by atoms with E-state index in [1.54, 1.807) is 11.1 Å². The highest BCUT2D eigenvalue weighted by molar-refractivity contribution is 5.94. The van der Waals surface area contributed by atoms with E-state index in [-0.39, 0.29) is 11.8 Å². The van der Waals surface area contributed by atoms with Crippen molar-refractivity contribution in [1.29, 1.82) is 0 Å². The number of benzene rings is 1. The van der Waals surface area contributed by atoms with Crippen LogP contribution in [0, 0.1) is 5.92 Å². The monoisotopic (exact) mass is 366 g/mol. The van der Waals surface area contributed by atoms with Gasteiger partial charge in [-0.1, -0.05) is 11.2 Å². The summed E-state index contributed by atoms with van der Waals surface area (Å²) in [6.07, 6.45) is 3.47. The number of rotatable bonds is 4. The molecule has 1 aliphatic rings. The smallest absolute Gasteiger partial charge is 0.317 e. The first-order valence-electron chi connectivity index (χ1n) is 9.03. The molecule has 0 unspecified atom stereocenters. The van der Waals surface area contributed by atoms with Crippen molar-refractivity contribution >= 4 is 28.5 Å². The van der Waals surface area contributed by atoms with Crippen LogP contribution in [0.2, 0.25) is 0 Å². The maximum Gasteiger partial charge on any atom is 0.317 e. The summed E-state index contributed by atoms with van der Waals surface area (Å²) in [6, 6.07) is 8.17. The highest BCUT2D eigenvalue weighted by Crippen LogP contribution is 2.26. The lowest BCUT2D eigenvalue weighted by Gasteiger charge is -2.21. The molecular weight excluding hydrogens is 344 g/mol. The first kappa shape index (κ1) is 17.4. The Bertz CT molecular complexity index is 962. The fourth-order valence-corrected chi connectivity index (χ4v) is 3.17. The van der Waals surface area contributed by atoms with E-state index in [1.165, 1.54) is 0 Å². The van der Waals surface area contributed by atoms with Crippen LogP contribution in [0.1, 0.15) is 12.8 Å². The average Bonchev–Trinajstić information content (AvgIpc) is 3.19. The molecular formula is C19H22N6O2. The first-order chi connectivity index (χ1) is 13.1. The zero-order valence-corrected chi connectivity index (χ0v) is 15.4. The van der Waals surface area contributed by atoms with Crippen molar-refractivity contribution in [3.05, 3.63) is 30.5 Å². The Balaban J connectivity index is 1.57. The number of pyridine rings is 1. The second kappa shape index (κ2) is 7.32. The molecule has 1 aliphatic heterocycles. The minimum absolute atomic E-state index is 0.0343. The SMILES string of the molecule is CN(C)c1nnc(-c2ccc3cnc(NC(=O)C4CCNCC4)cc3c2)o1. The van der Waals surface area contributed by atoms with Crippen molar-refractivity contribution in [1.82, 2.24) is 20.5 Å². The zero-order valence-electron chi connectivity index (χ0n) is 15.4. The molecule has 4 rings (SSSR count). The predicted octanol–water partition coefficient (Wildman–Crippen LogP) is 2.29. The molecule has 0 aliphatic carbocycles. The quantitative estimate of drug-likeness (QED) is 0.731. The van der Waals surface area contributed by atoms with Gasteiger partial charge in [0.1, 0.15) is 5.82 Å². The number of piperidine rings is 1. The first-order valence-corrected chi connectivity index (χ1v) is 9.03. The molecule has 1 aromatic carbocycles. The van der Waals surface area contributed by atoms with Gasteiger partial charge < -0.3 is 20.0 Å². The van der Waals surface area contributed by atoms with E-state index in [0.717, 1.165) is 42.3 Å². The van der Waals surface area contributed by atoms with E-state index in [9.17, 15) is 4.79 Å². The number of carbonyl (C=O) groups excluding carboxylic acids is 1. The van der Waals surface area contributed by atoms with Crippen LogP contribution in [-0.2, 0) is 4.79 Å². The normalized spacial score (nSPS) is 15.0. The molecule has 2 aromatic heterocycles. The number of amides is 1. The topological polar surface area (TPSA) is 96.2 Å². The van der Waals surface area contributed by atoms with Gasteiger partial charge in [0, 0.05) is 37.2 Å². The lowest BCUT2D eigenvalue weighted by Crippen LogP contribution is -2.34. The Hall–Kier alpha value is -3.00. The second-order valence-electron chi connectivity index (χ2n) is 6.93. The van der Waals surface area contributed by atoms with Crippen LogP contribution in [0.25, 0.3) is 22.2 Å². The number of nitrogens with zero attached hydrogens (tertiary/aromatic N) is 4. The van der Waals surface area contributed by atoms with Gasteiger partial charge in [0.2, 0.25) is 11.8 Å². The van der Waals surface area contributed by atoms with Crippen LogP contribution in [-0.4, -0.2) is 48.3 Å². The molecule has 140 valence electrons. The summed E-state index contributed by atoms with van der Waals surface area (Å²) < 4.78 is 5.67. The summed E-state index contributed by atoms with van der Waals surface area (Å²) >= 11 is 0. The van der Waals surface area contributed by atoms with E-state index in [4.69, 9.17) is 4.42 Å². The summed E-state index contributed by atoms with van der Waals surface area (Å²) in [7, 11) is 3.70. The fourth-order valence-electron chi connectivity index (χ4n) is 3.17. The molecule has 0 radical (unpaired) electrons. The third-order valence-corrected chi connectivity index (χ3v) is 4.73. The van der Waals surface area contributed by atoms with Crippen LogP contribution >= 0.6 is 0 Å². The molecule has 3 aromatic rings. The third-order valence-electron chi connectivity index (χ3n) is 4.73. The molecule has 8 heteroatoms. The lowest BCUT2D eigenvalue weighted by molar-refractivity contribution is -0.120. The van der Waals surface area contributed by atoms with Crippen molar-refractivity contribution in [3.8, 4) is 11.5 Å². The zero-order chi connectivity index (χ0) is 18.8. The third kappa shape index (κ3) is 3.75. The molecule has 0 saturated carbocycles. The predicted molar refractivity (Wildman–Crippen MR) is 104 cm³/mol. The number of nitrogens with one attached hydrogen (secondary N) is 2. The standard InChI is InChI=1S/C19H22N6O2/c1-25(2)19-24-23-18(27-19)13-3-4-14-11-21-16(10-15(14)9-13)22-17(26)12-5-7-20-8-6-12/h3-4,9-12,20H,5-8H2,1-2H3,(H,21,22,26). The van der Waals surface area contributed by atoms with Gasteiger partial charge in [0.15, 0.2) is 0 Å². The number of hydrogen-bond donors (Lipinski definition) is 2. The molecule has 8 nitrogen and oxygen atoms in total. The molecule has 1 saturated heterocycles. The largest absolute Gasteiger partial charge is 0.403 e. The van der Waals surface area contributed by atoms with Crippen molar-refractivity contribution in [2.24, 2.45) is 5.92 Å². The molecule has 0 atom stereocenters. The van der Waals surface area contributed by atoms with Gasteiger partial charge in [-0.25, -0.2) is 4.98 Å². The Morgan fingerprint density at radius 2 is 2.00 bits per heavy atom. The van der Waals surface area contributed by atoms with Crippen molar-refractivity contribution in [2.45, 2.75) is 12.8 Å². The van der Waals surface area contributed by atoms with E-state index in [1.807, 2.05) is 38.4 Å². The molecule has 1 amide bonds. The van der Waals surface area contributed by atoms with E-state index in [2.05, 4.69) is 25.8 Å². The average molecular weight is 366 g/mol. The Labute approximate surface area is 157 Å². The second-order valence-corrected chi connectivity index (χ2v) is 6.93. The van der Waals surface area contributed by atoms with E-state index >= 15 is 0 Å². The van der Waals surface area contributed by atoms with Gasteiger partial charge >= 0.3 is 6.01 Å². The maximum absolute atomic E-state index is 12.4. The molecule has 2 N–H and O–H groups in total. The van der Waals surface area contributed by atoms with Gasteiger partial charge in [-0.15, -0.1) is 5.10 Å². The van der Waals surface area contributed by atoms with Gasteiger partial charge in [-0.2, -0.15) is 0 Å². The Morgan fingerprint density at radius 1 is 1.19 bits per heavy atom. The Kier molecular flexibility index (Phi) is 4.72. The number of carbonyl (C=O) groups is 1. The van der Waals surface area contributed by atoms with Crippen LogP contribution in [0.4, 0.5) is 11.8 Å². The van der Waals surface area contributed by atoms with Crippen LogP contribution in [0.3, 0.4) is 0 Å². The molecule has 0 bridgehead atoms. The molecule has 1 fully saturated rings. The highest BCUT2D eigenvalue weighted by atomic mass is 16.4. The number of hydrogen-bond acceptors (Lipinski definition) is 7. The van der Waals surface area contributed by atoms with Gasteiger partial charge in [0.25, 0.3) is 0 Å². The summed E-state index contributed by atoms with van der Waals surface area (Å²) in [5.74, 6) is 1.09. The van der Waals surface area contributed by atoms with E-state index < -0.39 is 0 Å². The van der Waals surface area contributed by atoms with Gasteiger partial charge in [-0.3, -0.25) is 4.79 Å². The summed E-state index contributed by atoms with van der Waals surface area (Å²) in [5.41, 5.74) is 0.824. The summed E-state index contributed by atoms with van der Waals surface area (Å²) in [5, 5.41) is 16.3. The van der Waals surface area contributed by atoms with Crippen molar-refractivity contribution in [3.63, 3.8) is 0 Å². The molecule has 27 heavy (non-hydrogen) atoms. The maximum atomic E-state index is 12.4. The van der Waals surface area contributed by atoms with Gasteiger partial charge in [-0.05, 0) is 49.5 Å². The van der Waals surface area contributed by atoms with Crippen LogP contribution in [0.5, 0.6) is 0 Å². The van der Waals surface area contributed by atoms with E-state index in [0.29, 0.717) is 17.7 Å². The van der Waals surface area contributed by atoms with Crippen LogP contribution in [0.15, 0.2) is 34.9 Å². The Morgan fingerprint density at radius 3 is 2.74 bits per heavy atom. The fraction of sp³-hybridized carbons (Fsp3) is 0.368. The number of aromatic nitrogens is 3. The van der Waals surface area contributed by atoms with Crippen molar-refractivity contribution in [2.75, 3.05) is 37.4 Å². The van der Waals surface area contributed by atoms with Gasteiger partial charge in [0.05, 0.1) is 0 Å². The minimum Gasteiger partial charge on any atom is -0.403 e. The molecule has 3 heterocycles. The number of anilines is 2. The minimum atomic E-state index is 0.0343.